The van der Waals surface area contributed by atoms with Gasteiger partial charge < -0.3 is 5.32 Å². The highest BCUT2D eigenvalue weighted by atomic mass is 15.2. The fraction of sp³-hybridized carbons (Fsp3) is 1.00. The summed E-state index contributed by atoms with van der Waals surface area (Å²) >= 11 is 0. The van der Waals surface area contributed by atoms with E-state index in [0.717, 1.165) is 29.8 Å². The molecule has 0 spiro atoms. The highest BCUT2D eigenvalue weighted by Gasteiger charge is 2.32. The van der Waals surface area contributed by atoms with Crippen LogP contribution in [0.2, 0.25) is 0 Å². The van der Waals surface area contributed by atoms with Gasteiger partial charge in [0.1, 0.15) is 0 Å². The van der Waals surface area contributed by atoms with Crippen LogP contribution in [0.5, 0.6) is 0 Å². The topological polar surface area (TPSA) is 15.3 Å². The van der Waals surface area contributed by atoms with Gasteiger partial charge in [0.2, 0.25) is 0 Å². The number of nitrogens with one attached hydrogen (secondary N) is 1. The zero-order valence-electron chi connectivity index (χ0n) is 14.2. The average Bonchev–Trinajstić information content (AvgIpc) is 2.90. The third-order valence-corrected chi connectivity index (χ3v) is 5.56. The van der Waals surface area contributed by atoms with Crippen LogP contribution in [0.1, 0.15) is 66.2 Å². The first-order chi connectivity index (χ1) is 9.60. The first kappa shape index (κ1) is 16.3. The lowest BCUT2D eigenvalue weighted by molar-refractivity contribution is 0.0709. The van der Waals surface area contributed by atoms with Crippen LogP contribution in [-0.4, -0.2) is 36.6 Å². The number of rotatable bonds is 6. The van der Waals surface area contributed by atoms with E-state index in [2.05, 4.69) is 37.9 Å². The highest BCUT2D eigenvalue weighted by Crippen LogP contribution is 2.28. The molecule has 1 saturated heterocycles. The third-order valence-electron chi connectivity index (χ3n) is 5.56. The molecule has 0 aromatic heterocycles. The summed E-state index contributed by atoms with van der Waals surface area (Å²) in [5, 5.41) is 3.83. The standard InChI is InChI=1S/C18H36N2/c1-5-15(4)18-11-19-17(10-14(2)3)13-20(18)12-16-8-6-7-9-16/h14-19H,5-13H2,1-4H3. The Morgan fingerprint density at radius 2 is 1.85 bits per heavy atom. The van der Waals surface area contributed by atoms with Gasteiger partial charge in [-0.1, -0.05) is 47.0 Å². The Kier molecular flexibility index (Phi) is 6.35. The number of nitrogens with zero attached hydrogens (tertiary/aromatic N) is 1. The van der Waals surface area contributed by atoms with Crippen molar-refractivity contribution in [3.63, 3.8) is 0 Å². The van der Waals surface area contributed by atoms with Gasteiger partial charge in [-0.15, -0.1) is 0 Å². The van der Waals surface area contributed by atoms with Gasteiger partial charge in [0.15, 0.2) is 0 Å². The molecule has 118 valence electrons. The molecule has 2 heteroatoms. The largest absolute Gasteiger partial charge is 0.311 e. The summed E-state index contributed by atoms with van der Waals surface area (Å²) in [6.07, 6.45) is 8.54. The third kappa shape index (κ3) is 4.46. The van der Waals surface area contributed by atoms with Gasteiger partial charge in [-0.3, -0.25) is 4.90 Å². The molecule has 0 aromatic rings. The van der Waals surface area contributed by atoms with Crippen LogP contribution in [0.3, 0.4) is 0 Å². The molecule has 0 aromatic carbocycles. The molecule has 1 N–H and O–H groups in total. The van der Waals surface area contributed by atoms with Crippen molar-refractivity contribution in [2.24, 2.45) is 17.8 Å². The second-order valence-electron chi connectivity index (χ2n) is 7.79. The zero-order valence-corrected chi connectivity index (χ0v) is 14.2. The molecule has 0 bridgehead atoms. The fourth-order valence-electron chi connectivity index (χ4n) is 4.19. The monoisotopic (exact) mass is 280 g/mol. The molecular weight excluding hydrogens is 244 g/mol. The maximum Gasteiger partial charge on any atom is 0.0246 e. The Labute approximate surface area is 126 Å². The van der Waals surface area contributed by atoms with Crippen molar-refractivity contribution in [3.05, 3.63) is 0 Å². The second kappa shape index (κ2) is 7.79. The summed E-state index contributed by atoms with van der Waals surface area (Å²) in [5.74, 6) is 2.62. The van der Waals surface area contributed by atoms with Gasteiger partial charge in [0.25, 0.3) is 0 Å². The molecule has 1 aliphatic heterocycles. The predicted molar refractivity (Wildman–Crippen MR) is 88.0 cm³/mol. The van der Waals surface area contributed by atoms with Crippen molar-refractivity contribution in [1.29, 1.82) is 0 Å². The Morgan fingerprint density at radius 3 is 2.45 bits per heavy atom. The van der Waals surface area contributed by atoms with E-state index < -0.39 is 0 Å². The van der Waals surface area contributed by atoms with Crippen LogP contribution < -0.4 is 5.32 Å². The Bertz CT molecular complexity index is 271. The lowest BCUT2D eigenvalue weighted by Crippen LogP contribution is -2.59. The van der Waals surface area contributed by atoms with Crippen molar-refractivity contribution in [3.8, 4) is 0 Å². The van der Waals surface area contributed by atoms with E-state index in [1.54, 1.807) is 0 Å². The van der Waals surface area contributed by atoms with Gasteiger partial charge in [0, 0.05) is 31.7 Å². The van der Waals surface area contributed by atoms with Gasteiger partial charge in [-0.05, 0) is 37.0 Å². The van der Waals surface area contributed by atoms with E-state index >= 15 is 0 Å². The lowest BCUT2D eigenvalue weighted by Gasteiger charge is -2.44. The normalized spacial score (nSPS) is 31.1. The average molecular weight is 280 g/mol. The van der Waals surface area contributed by atoms with Gasteiger partial charge in [-0.2, -0.15) is 0 Å². The minimum atomic E-state index is 0.719. The van der Waals surface area contributed by atoms with E-state index in [9.17, 15) is 0 Å². The predicted octanol–water partition coefficient (Wildman–Crippen LogP) is 3.91. The van der Waals surface area contributed by atoms with Gasteiger partial charge in [-0.25, -0.2) is 0 Å². The lowest BCUT2D eigenvalue weighted by atomic mass is 9.91. The van der Waals surface area contributed by atoms with Crippen molar-refractivity contribution in [2.45, 2.75) is 78.3 Å². The molecule has 1 saturated carbocycles. The SMILES string of the molecule is CCC(C)C1CNC(CC(C)C)CN1CC1CCCC1. The van der Waals surface area contributed by atoms with E-state index in [4.69, 9.17) is 0 Å². The molecule has 2 rings (SSSR count). The molecule has 20 heavy (non-hydrogen) atoms. The first-order valence-corrected chi connectivity index (χ1v) is 9.07. The molecule has 2 fully saturated rings. The van der Waals surface area contributed by atoms with Crippen LogP contribution in [0.25, 0.3) is 0 Å². The molecule has 0 radical (unpaired) electrons. The van der Waals surface area contributed by atoms with Crippen LogP contribution >= 0.6 is 0 Å². The summed E-state index contributed by atoms with van der Waals surface area (Å²) in [6.45, 7) is 13.3. The Balaban J connectivity index is 1.94. The second-order valence-corrected chi connectivity index (χ2v) is 7.79. The quantitative estimate of drug-likeness (QED) is 0.793. The van der Waals surface area contributed by atoms with E-state index in [0.29, 0.717) is 0 Å². The van der Waals surface area contributed by atoms with Gasteiger partial charge >= 0.3 is 0 Å². The van der Waals surface area contributed by atoms with Crippen molar-refractivity contribution < 1.29 is 0 Å². The molecule has 3 atom stereocenters. The number of piperazine rings is 1. The number of hydrogen-bond acceptors (Lipinski definition) is 2. The van der Waals surface area contributed by atoms with Crippen LogP contribution in [0, 0.1) is 17.8 Å². The number of hydrogen-bond donors (Lipinski definition) is 1. The summed E-state index contributed by atoms with van der Waals surface area (Å²) < 4.78 is 0. The smallest absolute Gasteiger partial charge is 0.0246 e. The maximum absolute atomic E-state index is 3.83. The van der Waals surface area contributed by atoms with Crippen molar-refractivity contribution in [2.75, 3.05) is 19.6 Å². The summed E-state index contributed by atoms with van der Waals surface area (Å²) in [4.78, 5) is 2.85. The van der Waals surface area contributed by atoms with Crippen molar-refractivity contribution in [1.82, 2.24) is 10.2 Å². The Morgan fingerprint density at radius 1 is 1.15 bits per heavy atom. The van der Waals surface area contributed by atoms with Crippen LogP contribution in [0.4, 0.5) is 0 Å². The van der Waals surface area contributed by atoms with Crippen molar-refractivity contribution >= 4 is 0 Å². The minimum Gasteiger partial charge on any atom is -0.311 e. The molecule has 1 aliphatic carbocycles. The van der Waals surface area contributed by atoms with Crippen LogP contribution in [-0.2, 0) is 0 Å². The maximum atomic E-state index is 3.83. The molecule has 2 aliphatic rings. The summed E-state index contributed by atoms with van der Waals surface area (Å²) in [6, 6.07) is 1.49. The molecule has 3 unspecified atom stereocenters. The molecular formula is C18H36N2. The summed E-state index contributed by atoms with van der Waals surface area (Å²) in [7, 11) is 0. The van der Waals surface area contributed by atoms with Gasteiger partial charge in [0.05, 0.1) is 0 Å². The fourth-order valence-corrected chi connectivity index (χ4v) is 4.19. The van der Waals surface area contributed by atoms with E-state index in [1.165, 1.54) is 58.2 Å². The minimum absolute atomic E-state index is 0.719. The molecule has 0 amide bonds. The zero-order chi connectivity index (χ0) is 14.5. The highest BCUT2D eigenvalue weighted by molar-refractivity contribution is 4.90. The first-order valence-electron chi connectivity index (χ1n) is 9.07. The Hall–Kier alpha value is -0.0800. The van der Waals surface area contributed by atoms with E-state index in [1.807, 2.05) is 0 Å². The van der Waals surface area contributed by atoms with Crippen LogP contribution in [0.15, 0.2) is 0 Å². The molecule has 1 heterocycles. The summed E-state index contributed by atoms with van der Waals surface area (Å²) in [5.41, 5.74) is 0. The molecule has 2 nitrogen and oxygen atoms in total. The van der Waals surface area contributed by atoms with E-state index in [-0.39, 0.29) is 0 Å².